The van der Waals surface area contributed by atoms with Gasteiger partial charge in [-0.3, -0.25) is 0 Å². The number of unbranched alkanes of at least 4 members (excludes halogenated alkanes) is 2. The Morgan fingerprint density at radius 2 is 1.11 bits per heavy atom. The molecular weight excluding hydrogens is 103 g/mol. The third-order valence-electron chi connectivity index (χ3n) is 0.854. The van der Waals surface area contributed by atoms with Crippen LogP contribution in [-0.4, -0.2) is 0 Å². The predicted octanol–water partition coefficient (Wildman–Crippen LogP) is 0.431. The zero-order valence-corrected chi connectivity index (χ0v) is 7.54. The van der Waals surface area contributed by atoms with E-state index in [2.05, 4.69) is 27.7 Å². The molecule has 9 heavy (non-hydrogen) atoms. The van der Waals surface area contributed by atoms with Gasteiger partial charge in [0.2, 0.25) is 0 Å². The molecule has 1 heteroatoms. The van der Waals surface area contributed by atoms with Gasteiger partial charge < -0.3 is 6.92 Å². The molecule has 0 saturated heterocycles. The van der Waals surface area contributed by atoms with E-state index in [1.807, 2.05) is 0 Å². The fraction of sp³-hybridized carbons (Fsp3) is 0.875. The molecule has 0 aliphatic heterocycles. The molecule has 0 radical (unpaired) electrons. The van der Waals surface area contributed by atoms with Crippen molar-refractivity contribution in [2.24, 2.45) is 0 Å². The second-order valence-corrected chi connectivity index (χ2v) is 1.85. The largest absolute Gasteiger partial charge is 1.00 e. The first-order chi connectivity index (χ1) is 3.83. The Kier molecular flexibility index (Phi) is 42.5. The van der Waals surface area contributed by atoms with Crippen LogP contribution in [0.1, 0.15) is 46.5 Å². The van der Waals surface area contributed by atoms with Crippen LogP contribution in [0.25, 0.3) is 0 Å². The van der Waals surface area contributed by atoms with E-state index in [1.165, 1.54) is 19.3 Å². The van der Waals surface area contributed by atoms with Crippen molar-refractivity contribution in [1.29, 1.82) is 0 Å². The molecule has 0 aromatic rings. The third kappa shape index (κ3) is 55.5. The van der Waals surface area contributed by atoms with Gasteiger partial charge >= 0.3 is 18.9 Å². The average molecular weight is 122 g/mol. The minimum Gasteiger partial charge on any atom is -0.343 e. The van der Waals surface area contributed by atoms with E-state index in [4.69, 9.17) is 0 Å². The molecule has 0 N–H and O–H groups in total. The van der Waals surface area contributed by atoms with Crippen molar-refractivity contribution in [1.82, 2.24) is 0 Å². The Bertz CT molecular complexity index is 12.5. The second-order valence-electron chi connectivity index (χ2n) is 1.85. The normalized spacial score (nSPS) is 6.67. The summed E-state index contributed by atoms with van der Waals surface area (Å²) >= 11 is 0. The van der Waals surface area contributed by atoms with Crippen molar-refractivity contribution in [3.05, 3.63) is 6.92 Å². The summed E-state index contributed by atoms with van der Waals surface area (Å²) < 4.78 is 0. The smallest absolute Gasteiger partial charge is 0.343 e. The molecular formula is C8H19Li. The van der Waals surface area contributed by atoms with E-state index < -0.39 is 0 Å². The fourth-order valence-electron chi connectivity index (χ4n) is 0. The van der Waals surface area contributed by atoms with Crippen molar-refractivity contribution in [3.63, 3.8) is 0 Å². The van der Waals surface area contributed by atoms with E-state index in [-0.39, 0.29) is 18.9 Å². The molecule has 0 rings (SSSR count). The molecule has 0 aromatic heterocycles. The van der Waals surface area contributed by atoms with Crippen molar-refractivity contribution < 1.29 is 18.9 Å². The summed E-state index contributed by atoms with van der Waals surface area (Å²) in [4.78, 5) is 0. The van der Waals surface area contributed by atoms with E-state index >= 15 is 0 Å². The molecule has 0 amide bonds. The van der Waals surface area contributed by atoms with Crippen LogP contribution in [0.4, 0.5) is 0 Å². The van der Waals surface area contributed by atoms with Crippen molar-refractivity contribution in [3.8, 4) is 0 Å². The summed E-state index contributed by atoms with van der Waals surface area (Å²) in [6.45, 7) is 10.1. The summed E-state index contributed by atoms with van der Waals surface area (Å²) in [6.07, 6.45) is 4.92. The summed E-state index contributed by atoms with van der Waals surface area (Å²) in [5, 5.41) is 0. The maximum atomic E-state index is 3.60. The van der Waals surface area contributed by atoms with Crippen LogP contribution in [0.3, 0.4) is 0 Å². The first kappa shape index (κ1) is 16.3. The van der Waals surface area contributed by atoms with E-state index in [0.717, 1.165) is 6.42 Å². The van der Waals surface area contributed by atoms with Gasteiger partial charge in [0.15, 0.2) is 0 Å². The molecule has 0 nitrogen and oxygen atoms in total. The number of hydrogen-bond donors (Lipinski definition) is 0. The molecule has 0 aliphatic carbocycles. The molecule has 0 aromatic carbocycles. The Balaban J connectivity index is -0.0000000720. The van der Waals surface area contributed by atoms with Crippen LogP contribution in [0, 0.1) is 6.92 Å². The first-order valence-corrected chi connectivity index (χ1v) is 3.62. The Labute approximate surface area is 72.6 Å². The maximum Gasteiger partial charge on any atom is 1.00 e. The van der Waals surface area contributed by atoms with Gasteiger partial charge in [-0.15, -0.1) is 0 Å². The van der Waals surface area contributed by atoms with E-state index in [0.29, 0.717) is 0 Å². The molecule has 0 fully saturated rings. The predicted molar refractivity (Wildman–Crippen MR) is 40.8 cm³/mol. The molecule has 0 bridgehead atoms. The quantitative estimate of drug-likeness (QED) is 0.368. The fourth-order valence-corrected chi connectivity index (χ4v) is 0. The zero-order chi connectivity index (χ0) is 6.83. The van der Waals surface area contributed by atoms with Gasteiger partial charge in [0, 0.05) is 0 Å². The van der Waals surface area contributed by atoms with Gasteiger partial charge in [-0.1, -0.05) is 40.0 Å². The van der Waals surface area contributed by atoms with Gasteiger partial charge in [0.1, 0.15) is 0 Å². The minimum atomic E-state index is 0. The van der Waals surface area contributed by atoms with Gasteiger partial charge in [0.25, 0.3) is 0 Å². The topological polar surface area (TPSA) is 0 Å². The van der Waals surface area contributed by atoms with E-state index in [9.17, 15) is 0 Å². The van der Waals surface area contributed by atoms with Gasteiger partial charge in [-0.05, 0) is 0 Å². The summed E-state index contributed by atoms with van der Waals surface area (Å²) in [5.41, 5.74) is 0. The third-order valence-corrected chi connectivity index (χ3v) is 0.854. The Morgan fingerprint density at radius 3 is 1.11 bits per heavy atom. The molecule has 0 heterocycles. The molecule has 52 valence electrons. The van der Waals surface area contributed by atoms with Crippen LogP contribution in [0.5, 0.6) is 0 Å². The average Bonchev–Trinajstić information content (AvgIpc) is 1.88. The Morgan fingerprint density at radius 1 is 0.889 bits per heavy atom. The SMILES string of the molecule is CCCC.[CH2-]CCC.[Li+]. The molecule has 0 spiro atoms. The van der Waals surface area contributed by atoms with Crippen LogP contribution in [0.2, 0.25) is 0 Å². The first-order valence-electron chi connectivity index (χ1n) is 3.62. The minimum absolute atomic E-state index is 0. The van der Waals surface area contributed by atoms with Gasteiger partial charge in [0.05, 0.1) is 0 Å². The zero-order valence-electron chi connectivity index (χ0n) is 7.54. The number of rotatable bonds is 2. The summed E-state index contributed by atoms with van der Waals surface area (Å²) in [5.74, 6) is 0. The van der Waals surface area contributed by atoms with Crippen molar-refractivity contribution >= 4 is 0 Å². The molecule has 0 saturated carbocycles. The van der Waals surface area contributed by atoms with Crippen LogP contribution >= 0.6 is 0 Å². The van der Waals surface area contributed by atoms with Crippen LogP contribution in [0.15, 0.2) is 0 Å². The molecule has 0 atom stereocenters. The van der Waals surface area contributed by atoms with Crippen molar-refractivity contribution in [2.45, 2.75) is 46.5 Å². The Hall–Kier alpha value is 0.597. The molecule has 0 unspecified atom stereocenters. The van der Waals surface area contributed by atoms with Gasteiger partial charge in [-0.2, -0.15) is 6.42 Å². The molecule has 0 aliphatic rings. The maximum absolute atomic E-state index is 3.60. The summed E-state index contributed by atoms with van der Waals surface area (Å²) in [6, 6.07) is 0. The monoisotopic (exact) mass is 122 g/mol. The van der Waals surface area contributed by atoms with Gasteiger partial charge in [-0.25, -0.2) is 0 Å². The van der Waals surface area contributed by atoms with E-state index in [1.54, 1.807) is 0 Å². The standard InChI is InChI=1S/C4H10.C4H9.Li/c2*1-3-4-2;/h3-4H2,1-2H3;1,3-4H2,2H3;/q;-1;+1. The number of hydrogen-bond acceptors (Lipinski definition) is 0. The second kappa shape index (κ2) is 23.5. The van der Waals surface area contributed by atoms with Crippen LogP contribution < -0.4 is 18.9 Å². The van der Waals surface area contributed by atoms with Crippen LogP contribution in [-0.2, 0) is 0 Å². The van der Waals surface area contributed by atoms with Crippen molar-refractivity contribution in [2.75, 3.05) is 0 Å². The summed E-state index contributed by atoms with van der Waals surface area (Å²) in [7, 11) is 0.